The lowest BCUT2D eigenvalue weighted by Crippen LogP contribution is -2.15. The molecule has 7 heteroatoms. The maximum atomic E-state index is 14.0. The monoisotopic (exact) mass is 315 g/mol. The lowest BCUT2D eigenvalue weighted by Gasteiger charge is -2.17. The molecule has 0 fully saturated rings. The second-order valence-electron chi connectivity index (χ2n) is 3.10. The van der Waals surface area contributed by atoms with Crippen LogP contribution in [0.3, 0.4) is 0 Å². The minimum absolute atomic E-state index is 0.142. The Balaban J connectivity index is 3.45. The van der Waals surface area contributed by atoms with E-state index in [-0.39, 0.29) is 16.0 Å². The molecule has 1 rings (SSSR count). The minimum atomic E-state index is -1.74. The number of amides is 1. The fourth-order valence-corrected chi connectivity index (χ4v) is 2.80. The van der Waals surface area contributed by atoms with Gasteiger partial charge in [-0.25, -0.2) is 4.39 Å². The molecule has 0 aliphatic heterocycles. The SMILES string of the molecule is CCSc1c(C(Cl)(Cl)Cl)ccc(C(N)=O)c1F. The molecule has 94 valence electrons. The van der Waals surface area contributed by atoms with Crippen LogP contribution < -0.4 is 5.73 Å². The van der Waals surface area contributed by atoms with Crippen LogP contribution in [0.4, 0.5) is 4.39 Å². The van der Waals surface area contributed by atoms with Crippen molar-refractivity contribution in [2.24, 2.45) is 5.73 Å². The zero-order chi connectivity index (χ0) is 13.2. The Kier molecular flexibility index (Phi) is 4.95. The molecule has 1 aromatic carbocycles. The second kappa shape index (κ2) is 5.65. The van der Waals surface area contributed by atoms with E-state index >= 15 is 0 Å². The van der Waals surface area contributed by atoms with Crippen molar-refractivity contribution >= 4 is 52.5 Å². The first kappa shape index (κ1) is 14.9. The number of nitrogens with two attached hydrogens (primary N) is 1. The van der Waals surface area contributed by atoms with Gasteiger partial charge in [-0.2, -0.15) is 0 Å². The number of alkyl halides is 3. The Hall–Kier alpha value is -0.160. The normalized spacial score (nSPS) is 11.6. The highest BCUT2D eigenvalue weighted by atomic mass is 35.6. The number of carbonyl (C=O) groups is 1. The van der Waals surface area contributed by atoms with E-state index in [2.05, 4.69) is 0 Å². The molecule has 0 radical (unpaired) electrons. The molecule has 0 saturated heterocycles. The summed E-state index contributed by atoms with van der Waals surface area (Å²) in [5.74, 6) is -1.02. The molecular weight excluding hydrogens is 308 g/mol. The van der Waals surface area contributed by atoms with Crippen molar-refractivity contribution in [3.05, 3.63) is 29.1 Å². The van der Waals surface area contributed by atoms with Gasteiger partial charge in [0.2, 0.25) is 3.79 Å². The van der Waals surface area contributed by atoms with Crippen molar-refractivity contribution in [2.45, 2.75) is 15.6 Å². The number of carbonyl (C=O) groups excluding carboxylic acids is 1. The maximum Gasteiger partial charge on any atom is 0.251 e. The predicted octanol–water partition coefficient (Wildman–Crippen LogP) is 3.86. The van der Waals surface area contributed by atoms with Crippen LogP contribution in [-0.4, -0.2) is 11.7 Å². The van der Waals surface area contributed by atoms with Gasteiger partial charge in [0.1, 0.15) is 5.82 Å². The highest BCUT2D eigenvalue weighted by Crippen LogP contribution is 2.44. The number of halogens is 4. The van der Waals surface area contributed by atoms with Gasteiger partial charge in [-0.05, 0) is 11.8 Å². The Morgan fingerprint density at radius 2 is 2.06 bits per heavy atom. The van der Waals surface area contributed by atoms with Crippen LogP contribution in [-0.2, 0) is 3.79 Å². The quantitative estimate of drug-likeness (QED) is 0.679. The van der Waals surface area contributed by atoms with E-state index in [1.54, 1.807) is 0 Å². The van der Waals surface area contributed by atoms with Crippen LogP contribution in [0, 0.1) is 5.82 Å². The fourth-order valence-electron chi connectivity index (χ4n) is 1.26. The molecule has 17 heavy (non-hydrogen) atoms. The lowest BCUT2D eigenvalue weighted by atomic mass is 10.1. The molecule has 0 unspecified atom stereocenters. The van der Waals surface area contributed by atoms with E-state index in [0.29, 0.717) is 5.75 Å². The molecule has 0 bridgehead atoms. The highest BCUT2D eigenvalue weighted by molar-refractivity contribution is 7.99. The summed E-state index contributed by atoms with van der Waals surface area (Å²) >= 11 is 18.4. The molecule has 2 N–H and O–H groups in total. The summed E-state index contributed by atoms with van der Waals surface area (Å²) < 4.78 is 12.3. The fraction of sp³-hybridized carbons (Fsp3) is 0.300. The standard InChI is InChI=1S/C10H9Cl3FNOS/c1-2-17-8-6(10(11,12)13)4-3-5(7(8)14)9(15)16/h3-4H,2H2,1H3,(H2,15,16). The molecule has 1 amide bonds. The van der Waals surface area contributed by atoms with E-state index in [4.69, 9.17) is 40.5 Å². The van der Waals surface area contributed by atoms with Crippen molar-refractivity contribution in [2.75, 3.05) is 5.75 Å². The Morgan fingerprint density at radius 1 is 1.47 bits per heavy atom. The molecule has 0 aliphatic carbocycles. The van der Waals surface area contributed by atoms with Gasteiger partial charge in [0.05, 0.1) is 10.5 Å². The Bertz CT molecular complexity index is 448. The van der Waals surface area contributed by atoms with Crippen LogP contribution in [0.15, 0.2) is 17.0 Å². The largest absolute Gasteiger partial charge is 0.366 e. The van der Waals surface area contributed by atoms with E-state index in [0.717, 1.165) is 11.8 Å². The first-order chi connectivity index (χ1) is 7.79. The molecule has 0 aliphatic rings. The van der Waals surface area contributed by atoms with Gasteiger partial charge < -0.3 is 5.73 Å². The molecular formula is C10H9Cl3FNOS. The number of benzene rings is 1. The third kappa shape index (κ3) is 3.41. The minimum Gasteiger partial charge on any atom is -0.366 e. The van der Waals surface area contributed by atoms with Crippen molar-refractivity contribution < 1.29 is 9.18 Å². The number of hydrogen-bond acceptors (Lipinski definition) is 2. The topological polar surface area (TPSA) is 43.1 Å². The van der Waals surface area contributed by atoms with E-state index in [9.17, 15) is 9.18 Å². The van der Waals surface area contributed by atoms with Gasteiger partial charge in [0.25, 0.3) is 5.91 Å². The van der Waals surface area contributed by atoms with Crippen molar-refractivity contribution in [3.8, 4) is 0 Å². The van der Waals surface area contributed by atoms with Crippen LogP contribution >= 0.6 is 46.6 Å². The smallest absolute Gasteiger partial charge is 0.251 e. The summed E-state index contributed by atoms with van der Waals surface area (Å²) in [4.78, 5) is 11.2. The van der Waals surface area contributed by atoms with Crippen LogP contribution in [0.2, 0.25) is 0 Å². The average Bonchev–Trinajstić information content (AvgIpc) is 2.18. The summed E-state index contributed by atoms with van der Waals surface area (Å²) in [7, 11) is 0. The summed E-state index contributed by atoms with van der Waals surface area (Å²) in [6.07, 6.45) is 0. The summed E-state index contributed by atoms with van der Waals surface area (Å²) in [5, 5.41) is 0. The van der Waals surface area contributed by atoms with Crippen LogP contribution in [0.1, 0.15) is 22.8 Å². The summed E-state index contributed by atoms with van der Waals surface area (Å²) in [6.45, 7) is 1.82. The number of primary amides is 1. The van der Waals surface area contributed by atoms with Gasteiger partial charge in [0.15, 0.2) is 0 Å². The van der Waals surface area contributed by atoms with E-state index in [1.165, 1.54) is 12.1 Å². The van der Waals surface area contributed by atoms with E-state index in [1.807, 2.05) is 6.92 Å². The summed E-state index contributed by atoms with van der Waals surface area (Å²) in [5.41, 5.74) is 5.05. The third-order valence-corrected chi connectivity index (χ3v) is 3.54. The Morgan fingerprint density at radius 3 is 2.47 bits per heavy atom. The van der Waals surface area contributed by atoms with Gasteiger partial charge >= 0.3 is 0 Å². The zero-order valence-corrected chi connectivity index (χ0v) is 11.9. The molecule has 0 atom stereocenters. The molecule has 0 saturated carbocycles. The van der Waals surface area contributed by atoms with Crippen molar-refractivity contribution in [3.63, 3.8) is 0 Å². The third-order valence-electron chi connectivity index (χ3n) is 1.96. The highest BCUT2D eigenvalue weighted by Gasteiger charge is 2.29. The van der Waals surface area contributed by atoms with Crippen molar-refractivity contribution in [1.82, 2.24) is 0 Å². The molecule has 1 aromatic rings. The number of rotatable bonds is 3. The average molecular weight is 317 g/mol. The molecule has 2 nitrogen and oxygen atoms in total. The van der Waals surface area contributed by atoms with Crippen molar-refractivity contribution in [1.29, 1.82) is 0 Å². The van der Waals surface area contributed by atoms with Gasteiger partial charge in [0, 0.05) is 5.56 Å². The number of hydrogen-bond donors (Lipinski definition) is 1. The zero-order valence-electron chi connectivity index (χ0n) is 8.77. The van der Waals surface area contributed by atoms with Gasteiger partial charge in [-0.15, -0.1) is 11.8 Å². The maximum absolute atomic E-state index is 14.0. The first-order valence-corrected chi connectivity index (χ1v) is 6.73. The molecule has 0 aromatic heterocycles. The van der Waals surface area contributed by atoms with Crippen LogP contribution in [0.25, 0.3) is 0 Å². The van der Waals surface area contributed by atoms with E-state index < -0.39 is 15.5 Å². The Labute approximate surface area is 118 Å². The first-order valence-electron chi connectivity index (χ1n) is 4.61. The lowest BCUT2D eigenvalue weighted by molar-refractivity contribution is 0.0996. The summed E-state index contributed by atoms with van der Waals surface area (Å²) in [6, 6.07) is 2.61. The molecule has 0 heterocycles. The van der Waals surface area contributed by atoms with Gasteiger partial charge in [-0.1, -0.05) is 47.8 Å². The number of thioether (sulfide) groups is 1. The van der Waals surface area contributed by atoms with Gasteiger partial charge in [-0.3, -0.25) is 4.79 Å². The second-order valence-corrected chi connectivity index (χ2v) is 6.65. The molecule has 0 spiro atoms. The predicted molar refractivity (Wildman–Crippen MR) is 70.6 cm³/mol. The van der Waals surface area contributed by atoms with Crippen LogP contribution in [0.5, 0.6) is 0 Å².